The van der Waals surface area contributed by atoms with Gasteiger partial charge in [-0.15, -0.1) is 33.3 Å². The van der Waals surface area contributed by atoms with Gasteiger partial charge in [-0.3, -0.25) is 0 Å². The molecule has 8 nitrogen and oxygen atoms in total. The molecule has 0 saturated carbocycles. The minimum Gasteiger partial charge on any atom is -0.464 e. The molecule has 0 aliphatic heterocycles. The van der Waals surface area contributed by atoms with Crippen molar-refractivity contribution in [3.8, 4) is 0 Å². The number of nitrogens with zero attached hydrogens (tertiary/aromatic N) is 2. The molecule has 0 fully saturated rings. The maximum Gasteiger partial charge on any atom is 0.345 e. The fourth-order valence-electron chi connectivity index (χ4n) is 1.03. The number of ether oxygens (including phenoxy) is 2. The van der Waals surface area contributed by atoms with Crippen molar-refractivity contribution in [2.45, 2.75) is 24.6 Å². The average Bonchev–Trinajstić information content (AvgIpc) is 2.43. The maximum atomic E-state index is 11.3. The van der Waals surface area contributed by atoms with E-state index in [4.69, 9.17) is 0 Å². The molecule has 114 valence electrons. The molecule has 0 spiro atoms. The molecule has 20 heavy (non-hydrogen) atoms. The summed E-state index contributed by atoms with van der Waals surface area (Å²) in [5, 5.41) is 3.04. The normalized spacial score (nSPS) is 13.1. The molecule has 0 aromatic rings. The van der Waals surface area contributed by atoms with Gasteiger partial charge in [0.1, 0.15) is 0 Å². The largest absolute Gasteiger partial charge is 0.464 e. The average molecular weight is 324 g/mol. The van der Waals surface area contributed by atoms with E-state index in [0.717, 1.165) is 23.5 Å². The number of thioether (sulfide) groups is 2. The third-order valence-corrected chi connectivity index (χ3v) is 4.13. The van der Waals surface area contributed by atoms with E-state index >= 15 is 0 Å². The molecule has 0 aromatic carbocycles. The Bertz CT molecular complexity index is 310. The molecule has 0 aliphatic rings. The molecule has 0 N–H and O–H groups in total. The summed E-state index contributed by atoms with van der Waals surface area (Å²) in [4.78, 5) is 43.5. The Labute approximate surface area is 124 Å². The van der Waals surface area contributed by atoms with E-state index in [9.17, 15) is 19.4 Å². The summed E-state index contributed by atoms with van der Waals surface area (Å²) < 4.78 is 9.32. The lowest BCUT2D eigenvalue weighted by Crippen LogP contribution is -2.20. The van der Waals surface area contributed by atoms with Gasteiger partial charge in [0.2, 0.25) is 10.7 Å². The zero-order valence-corrected chi connectivity index (χ0v) is 12.8. The van der Waals surface area contributed by atoms with Crippen LogP contribution in [0.25, 0.3) is 0 Å². The predicted molar refractivity (Wildman–Crippen MR) is 77.3 cm³/mol. The Hall–Kier alpha value is -1.16. The first-order chi connectivity index (χ1) is 9.60. The quantitative estimate of drug-likeness (QED) is 0.321. The topological polar surface area (TPSA) is 111 Å². The summed E-state index contributed by atoms with van der Waals surface area (Å²) in [5.41, 5.74) is 0. The number of hydrogen-bond acceptors (Lipinski definition) is 10. The molecule has 0 bridgehead atoms. The van der Waals surface area contributed by atoms with E-state index in [1.54, 1.807) is 13.8 Å². The van der Waals surface area contributed by atoms with Crippen LogP contribution < -0.4 is 0 Å². The SMILES string of the molecule is CCOC(=O)C(N=O)SCCSC(N=O)C(=O)OCC. The van der Waals surface area contributed by atoms with E-state index in [1.165, 1.54) is 0 Å². The second kappa shape index (κ2) is 11.6. The van der Waals surface area contributed by atoms with Gasteiger partial charge in [0.15, 0.2) is 0 Å². The summed E-state index contributed by atoms with van der Waals surface area (Å²) >= 11 is 1.95. The molecule has 2 atom stereocenters. The molecule has 0 aliphatic carbocycles. The van der Waals surface area contributed by atoms with E-state index in [-0.39, 0.29) is 13.2 Å². The van der Waals surface area contributed by atoms with Crippen molar-refractivity contribution in [3.05, 3.63) is 9.81 Å². The third kappa shape index (κ3) is 7.43. The lowest BCUT2D eigenvalue weighted by Gasteiger charge is -2.09. The minimum atomic E-state index is -1.14. The van der Waals surface area contributed by atoms with Crippen LogP contribution in [0.3, 0.4) is 0 Å². The first-order valence-electron chi connectivity index (χ1n) is 5.82. The van der Waals surface area contributed by atoms with Crippen molar-refractivity contribution in [1.29, 1.82) is 0 Å². The van der Waals surface area contributed by atoms with Crippen molar-refractivity contribution in [2.24, 2.45) is 10.4 Å². The highest BCUT2D eigenvalue weighted by Crippen LogP contribution is 2.19. The lowest BCUT2D eigenvalue weighted by atomic mass is 10.7. The monoisotopic (exact) mass is 324 g/mol. The number of nitroso groups, excluding NO2 is 2. The van der Waals surface area contributed by atoms with Crippen LogP contribution in [0.15, 0.2) is 10.4 Å². The van der Waals surface area contributed by atoms with Gasteiger partial charge in [-0.25, -0.2) is 9.59 Å². The van der Waals surface area contributed by atoms with Gasteiger partial charge < -0.3 is 9.47 Å². The maximum absolute atomic E-state index is 11.3. The number of rotatable bonds is 11. The molecule has 10 heteroatoms. The van der Waals surface area contributed by atoms with Crippen molar-refractivity contribution in [2.75, 3.05) is 24.7 Å². The summed E-state index contributed by atoms with van der Waals surface area (Å²) in [6.07, 6.45) is 0. The number of hydrogen-bond donors (Lipinski definition) is 0. The zero-order chi connectivity index (χ0) is 15.4. The van der Waals surface area contributed by atoms with Crippen LogP contribution in [-0.4, -0.2) is 47.4 Å². The van der Waals surface area contributed by atoms with E-state index < -0.39 is 22.7 Å². The highest BCUT2D eigenvalue weighted by Gasteiger charge is 2.23. The van der Waals surface area contributed by atoms with Gasteiger partial charge in [0.05, 0.1) is 13.2 Å². The molecule has 0 radical (unpaired) electrons. The Morgan fingerprint density at radius 1 is 0.900 bits per heavy atom. The first-order valence-corrected chi connectivity index (χ1v) is 7.91. The van der Waals surface area contributed by atoms with E-state index in [1.807, 2.05) is 0 Å². The van der Waals surface area contributed by atoms with Crippen LogP contribution >= 0.6 is 23.5 Å². The highest BCUT2D eigenvalue weighted by atomic mass is 32.2. The Morgan fingerprint density at radius 3 is 1.50 bits per heavy atom. The van der Waals surface area contributed by atoms with Crippen LogP contribution in [0, 0.1) is 9.81 Å². The molecular formula is C10H16N2O6S2. The molecule has 0 saturated heterocycles. The molecule has 0 amide bonds. The van der Waals surface area contributed by atoms with Gasteiger partial charge in [-0.2, -0.15) is 0 Å². The van der Waals surface area contributed by atoms with Crippen molar-refractivity contribution < 1.29 is 19.1 Å². The van der Waals surface area contributed by atoms with Crippen LogP contribution in [-0.2, 0) is 19.1 Å². The van der Waals surface area contributed by atoms with Crippen LogP contribution in [0.5, 0.6) is 0 Å². The molecule has 0 aromatic heterocycles. The van der Waals surface area contributed by atoms with Crippen molar-refractivity contribution in [1.82, 2.24) is 0 Å². The standard InChI is InChI=1S/C10H16N2O6S2/c1-3-17-9(13)7(11-15)19-5-6-20-8(12-16)10(14)18-4-2/h7-8H,3-6H2,1-2H3. The predicted octanol–water partition coefficient (Wildman–Crippen LogP) is 1.76. The Kier molecular flexibility index (Phi) is 11.0. The van der Waals surface area contributed by atoms with E-state index in [2.05, 4.69) is 19.8 Å². The number of carbonyl (C=O) groups is 2. The van der Waals surface area contributed by atoms with Crippen LogP contribution in [0.4, 0.5) is 0 Å². The van der Waals surface area contributed by atoms with Gasteiger partial charge in [-0.05, 0) is 24.2 Å². The zero-order valence-electron chi connectivity index (χ0n) is 11.1. The second-order valence-corrected chi connectivity index (χ2v) is 5.54. The second-order valence-electron chi connectivity index (χ2n) is 3.16. The summed E-state index contributed by atoms with van der Waals surface area (Å²) in [7, 11) is 0. The van der Waals surface area contributed by atoms with Crippen LogP contribution in [0.2, 0.25) is 0 Å². The number of carbonyl (C=O) groups excluding carboxylic acids is 2. The minimum absolute atomic E-state index is 0.167. The van der Waals surface area contributed by atoms with Crippen LogP contribution in [0.1, 0.15) is 13.8 Å². The fraction of sp³-hybridized carbons (Fsp3) is 0.800. The molecule has 2 unspecified atom stereocenters. The molecular weight excluding hydrogens is 308 g/mol. The van der Waals surface area contributed by atoms with Gasteiger partial charge in [0.25, 0.3) is 0 Å². The lowest BCUT2D eigenvalue weighted by molar-refractivity contribution is -0.143. The fourth-order valence-corrected chi connectivity index (χ4v) is 2.78. The molecule has 0 rings (SSSR count). The first kappa shape index (κ1) is 18.8. The van der Waals surface area contributed by atoms with Gasteiger partial charge in [0, 0.05) is 11.5 Å². The number of esters is 2. The van der Waals surface area contributed by atoms with Crippen molar-refractivity contribution in [3.63, 3.8) is 0 Å². The summed E-state index contributed by atoms with van der Waals surface area (Å²) in [5.74, 6) is -0.725. The van der Waals surface area contributed by atoms with Gasteiger partial charge in [-0.1, -0.05) is 0 Å². The summed E-state index contributed by atoms with van der Waals surface area (Å²) in [6.45, 7) is 3.58. The Morgan fingerprint density at radius 2 is 1.25 bits per heavy atom. The Balaban J connectivity index is 4.03. The molecule has 0 heterocycles. The van der Waals surface area contributed by atoms with Gasteiger partial charge >= 0.3 is 11.9 Å². The highest BCUT2D eigenvalue weighted by molar-refractivity contribution is 8.04. The smallest absolute Gasteiger partial charge is 0.345 e. The van der Waals surface area contributed by atoms with E-state index in [0.29, 0.717) is 11.5 Å². The third-order valence-electron chi connectivity index (χ3n) is 1.80. The summed E-state index contributed by atoms with van der Waals surface area (Å²) in [6, 6.07) is 0. The van der Waals surface area contributed by atoms with Crippen molar-refractivity contribution >= 4 is 35.5 Å².